The molecule has 9 heteroatoms. The van der Waals surface area contributed by atoms with Gasteiger partial charge < -0.3 is 20.4 Å². The van der Waals surface area contributed by atoms with Gasteiger partial charge in [-0.3, -0.25) is 4.79 Å². The van der Waals surface area contributed by atoms with E-state index >= 15 is 0 Å². The molecule has 1 aliphatic rings. The third kappa shape index (κ3) is 4.76. The number of H-pyrrole nitrogens is 1. The molecule has 0 radical (unpaired) electrons. The number of aromatic amines is 1. The lowest BCUT2D eigenvalue weighted by molar-refractivity contribution is 0.0601. The predicted molar refractivity (Wildman–Crippen MR) is 107 cm³/mol. The van der Waals surface area contributed by atoms with Gasteiger partial charge in [-0.2, -0.15) is 0 Å². The molecule has 1 aromatic heterocycles. The van der Waals surface area contributed by atoms with E-state index in [0.717, 1.165) is 29.7 Å². The van der Waals surface area contributed by atoms with Crippen molar-refractivity contribution in [1.82, 2.24) is 10.3 Å². The first-order chi connectivity index (χ1) is 13.8. The van der Waals surface area contributed by atoms with E-state index in [2.05, 4.69) is 27.3 Å². The van der Waals surface area contributed by atoms with Crippen LogP contribution in [0.15, 0.2) is 29.2 Å². The largest absolute Gasteiger partial charge is 0.465 e. The van der Waals surface area contributed by atoms with E-state index in [0.29, 0.717) is 12.8 Å². The highest BCUT2D eigenvalue weighted by Gasteiger charge is 2.24. The summed E-state index contributed by atoms with van der Waals surface area (Å²) in [6.45, 7) is 2.07. The highest BCUT2D eigenvalue weighted by Crippen LogP contribution is 2.29. The van der Waals surface area contributed by atoms with Gasteiger partial charge in [0.15, 0.2) is 0 Å². The SMILES string of the molecule is COC(=O)c1cc(NC(=O)N[C@H]2CC[C@@H](C)c3c[nH]c(=O)cc3C2)c(F)cc1Cl. The molecule has 2 aromatic rings. The van der Waals surface area contributed by atoms with Gasteiger partial charge in [0.1, 0.15) is 5.82 Å². The second-order valence-electron chi connectivity index (χ2n) is 7.06. The van der Waals surface area contributed by atoms with Crippen molar-refractivity contribution < 1.29 is 18.7 Å². The summed E-state index contributed by atoms with van der Waals surface area (Å²) in [5, 5.41) is 5.12. The van der Waals surface area contributed by atoms with Crippen molar-refractivity contribution in [2.75, 3.05) is 12.4 Å². The zero-order valence-electron chi connectivity index (χ0n) is 16.0. The van der Waals surface area contributed by atoms with Crippen molar-refractivity contribution in [3.63, 3.8) is 0 Å². The third-order valence-electron chi connectivity index (χ3n) is 5.04. The second kappa shape index (κ2) is 8.65. The maximum Gasteiger partial charge on any atom is 0.339 e. The van der Waals surface area contributed by atoms with Gasteiger partial charge in [0.05, 0.1) is 23.4 Å². The van der Waals surface area contributed by atoms with Gasteiger partial charge in [0.2, 0.25) is 5.56 Å². The first kappa shape index (κ1) is 20.9. The molecule has 154 valence electrons. The fourth-order valence-corrected chi connectivity index (χ4v) is 3.74. The standard InChI is InChI=1S/C20H21ClFN3O4/c1-10-3-4-12(5-11-6-18(26)23-9-14(10)11)24-20(28)25-17-7-13(19(27)29-2)15(21)8-16(17)22/h6-10,12H,3-5H2,1-2H3,(H,23,26)(H2,24,25,28)/t10-,12+/m1/s1. The summed E-state index contributed by atoms with van der Waals surface area (Å²) in [6, 6.07) is 2.78. The van der Waals surface area contributed by atoms with Crippen molar-refractivity contribution in [3.05, 3.63) is 62.3 Å². The quantitative estimate of drug-likeness (QED) is 0.520. The van der Waals surface area contributed by atoms with Gasteiger partial charge in [-0.15, -0.1) is 0 Å². The molecule has 0 spiro atoms. The average molecular weight is 422 g/mol. The molecule has 1 aliphatic carbocycles. The number of hydrogen-bond acceptors (Lipinski definition) is 4. The van der Waals surface area contributed by atoms with Crippen LogP contribution in [-0.2, 0) is 11.2 Å². The fraction of sp³-hybridized carbons (Fsp3) is 0.350. The van der Waals surface area contributed by atoms with Crippen molar-refractivity contribution >= 4 is 29.3 Å². The number of esters is 1. The van der Waals surface area contributed by atoms with E-state index in [1.54, 1.807) is 12.3 Å². The highest BCUT2D eigenvalue weighted by molar-refractivity contribution is 6.33. The summed E-state index contributed by atoms with van der Waals surface area (Å²) >= 11 is 5.86. The molecular formula is C20H21ClFN3O4. The molecule has 3 rings (SSSR count). The van der Waals surface area contributed by atoms with E-state index in [1.165, 1.54) is 7.11 Å². The maximum atomic E-state index is 14.2. The number of anilines is 1. The number of benzene rings is 1. The number of aromatic nitrogens is 1. The van der Waals surface area contributed by atoms with Gasteiger partial charge in [-0.1, -0.05) is 18.5 Å². The monoisotopic (exact) mass is 421 g/mol. The summed E-state index contributed by atoms with van der Waals surface area (Å²) in [7, 11) is 1.18. The Morgan fingerprint density at radius 1 is 1.28 bits per heavy atom. The lowest BCUT2D eigenvalue weighted by Crippen LogP contribution is -2.39. The number of nitrogens with one attached hydrogen (secondary N) is 3. The maximum absolute atomic E-state index is 14.2. The number of fused-ring (bicyclic) bond motifs is 1. The van der Waals surface area contributed by atoms with Gasteiger partial charge in [0, 0.05) is 18.3 Å². The number of halogens is 2. The Balaban J connectivity index is 1.74. The Hall–Kier alpha value is -2.87. The molecule has 0 unspecified atom stereocenters. The molecule has 0 saturated carbocycles. The van der Waals surface area contributed by atoms with Gasteiger partial charge in [-0.25, -0.2) is 14.0 Å². The molecule has 1 aromatic carbocycles. The van der Waals surface area contributed by atoms with Gasteiger partial charge >= 0.3 is 12.0 Å². The average Bonchev–Trinajstić information content (AvgIpc) is 2.81. The Morgan fingerprint density at radius 2 is 2.03 bits per heavy atom. The van der Waals surface area contributed by atoms with Crippen LogP contribution in [0.2, 0.25) is 5.02 Å². The minimum Gasteiger partial charge on any atom is -0.465 e. The summed E-state index contributed by atoms with van der Waals surface area (Å²) < 4.78 is 18.8. The number of carbonyl (C=O) groups is 2. The molecule has 0 bridgehead atoms. The Labute approximate surface area is 171 Å². The number of carbonyl (C=O) groups excluding carboxylic acids is 2. The number of rotatable bonds is 3. The molecule has 0 saturated heterocycles. The number of pyridine rings is 1. The van der Waals surface area contributed by atoms with Crippen LogP contribution in [0.25, 0.3) is 0 Å². The van der Waals surface area contributed by atoms with Crippen LogP contribution in [0, 0.1) is 5.82 Å². The van der Waals surface area contributed by atoms with E-state index in [-0.39, 0.29) is 33.8 Å². The van der Waals surface area contributed by atoms with Crippen molar-refractivity contribution in [3.8, 4) is 0 Å². The number of amides is 2. The van der Waals surface area contributed by atoms with Crippen molar-refractivity contribution in [2.45, 2.75) is 38.1 Å². The molecule has 0 aliphatic heterocycles. The molecule has 1 heterocycles. The van der Waals surface area contributed by atoms with E-state index < -0.39 is 17.8 Å². The zero-order chi connectivity index (χ0) is 21.1. The number of methoxy groups -OCH3 is 1. The van der Waals surface area contributed by atoms with Gasteiger partial charge in [0.25, 0.3) is 0 Å². The number of hydrogen-bond donors (Lipinski definition) is 3. The molecule has 29 heavy (non-hydrogen) atoms. The minimum atomic E-state index is -0.774. The Kier molecular flexibility index (Phi) is 6.22. The van der Waals surface area contributed by atoms with Crippen LogP contribution in [-0.4, -0.2) is 30.1 Å². The second-order valence-corrected chi connectivity index (χ2v) is 7.47. The molecule has 7 nitrogen and oxygen atoms in total. The summed E-state index contributed by atoms with van der Waals surface area (Å²) in [4.78, 5) is 38.5. The summed E-state index contributed by atoms with van der Waals surface area (Å²) in [6.07, 6.45) is 3.75. The lowest BCUT2D eigenvalue weighted by atomic mass is 9.97. The van der Waals surface area contributed by atoms with Crippen molar-refractivity contribution in [1.29, 1.82) is 0 Å². The van der Waals surface area contributed by atoms with Crippen molar-refractivity contribution in [2.24, 2.45) is 0 Å². The molecule has 2 amide bonds. The van der Waals surface area contributed by atoms with Crippen LogP contribution in [0.1, 0.15) is 47.2 Å². The molecular weight excluding hydrogens is 401 g/mol. The first-order valence-corrected chi connectivity index (χ1v) is 9.52. The lowest BCUT2D eigenvalue weighted by Gasteiger charge is -2.18. The summed E-state index contributed by atoms with van der Waals surface area (Å²) in [5.41, 5.74) is 1.50. The van der Waals surface area contributed by atoms with E-state index in [1.807, 2.05) is 0 Å². The third-order valence-corrected chi connectivity index (χ3v) is 5.35. The summed E-state index contributed by atoms with van der Waals surface area (Å²) in [5.74, 6) is -1.27. The Morgan fingerprint density at radius 3 is 2.76 bits per heavy atom. The van der Waals surface area contributed by atoms with Crippen LogP contribution in [0.5, 0.6) is 0 Å². The highest BCUT2D eigenvalue weighted by atomic mass is 35.5. The predicted octanol–water partition coefficient (Wildman–Crippen LogP) is 3.58. The van der Waals surface area contributed by atoms with Crippen LogP contribution in [0.4, 0.5) is 14.9 Å². The van der Waals surface area contributed by atoms with Crippen LogP contribution >= 0.6 is 11.6 Å². The normalized spacial score (nSPS) is 18.3. The van der Waals surface area contributed by atoms with Crippen LogP contribution < -0.4 is 16.2 Å². The zero-order valence-corrected chi connectivity index (χ0v) is 16.7. The van der Waals surface area contributed by atoms with E-state index in [4.69, 9.17) is 11.6 Å². The minimum absolute atomic E-state index is 0.0534. The molecule has 0 fully saturated rings. The fourth-order valence-electron chi connectivity index (χ4n) is 3.51. The van der Waals surface area contributed by atoms with Crippen LogP contribution in [0.3, 0.4) is 0 Å². The number of ether oxygens (including phenoxy) is 1. The van der Waals surface area contributed by atoms with E-state index in [9.17, 15) is 18.8 Å². The number of urea groups is 1. The smallest absolute Gasteiger partial charge is 0.339 e. The Bertz CT molecular complexity index is 1010. The first-order valence-electron chi connectivity index (χ1n) is 9.15. The topological polar surface area (TPSA) is 100 Å². The molecule has 3 N–H and O–H groups in total. The molecule has 2 atom stereocenters. The van der Waals surface area contributed by atoms with Gasteiger partial charge in [-0.05, 0) is 48.4 Å².